The highest BCUT2D eigenvalue weighted by Crippen LogP contribution is 2.58. The zero-order valence-corrected chi connectivity index (χ0v) is 18.6. The largest absolute Gasteiger partial charge is 0.483 e. The molecule has 0 aliphatic rings. The molecular formula is C16H24BrNO7P2. The van der Waals surface area contributed by atoms with E-state index in [0.29, 0.717) is 12.1 Å². The van der Waals surface area contributed by atoms with Crippen molar-refractivity contribution in [3.05, 3.63) is 52.0 Å². The molecule has 0 fully saturated rings. The van der Waals surface area contributed by atoms with Gasteiger partial charge in [0.1, 0.15) is 0 Å². The van der Waals surface area contributed by atoms with E-state index in [9.17, 15) is 14.0 Å². The Morgan fingerprint density at radius 2 is 1.78 bits per heavy atom. The van der Waals surface area contributed by atoms with E-state index in [1.165, 1.54) is 5.57 Å². The summed E-state index contributed by atoms with van der Waals surface area (Å²) in [7, 11) is -10.2. The minimum atomic E-state index is -5.20. The smallest absolute Gasteiger partial charge is 0.356 e. The van der Waals surface area contributed by atoms with Crippen LogP contribution in [0.4, 0.5) is 5.69 Å². The summed E-state index contributed by atoms with van der Waals surface area (Å²) in [5.74, 6) is 0. The molecule has 0 bridgehead atoms. The number of rotatable bonds is 10. The molecule has 2 unspecified atom stereocenters. The summed E-state index contributed by atoms with van der Waals surface area (Å²) < 4.78 is 32.4. The summed E-state index contributed by atoms with van der Waals surface area (Å²) in [6.07, 6.45) is 3.95. The monoisotopic (exact) mass is 483 g/mol. The van der Waals surface area contributed by atoms with Crippen molar-refractivity contribution in [2.24, 2.45) is 0 Å². The number of nitrogens with one attached hydrogen (secondary N) is 1. The zero-order chi connectivity index (χ0) is 20.7. The van der Waals surface area contributed by atoms with E-state index in [-0.39, 0.29) is 0 Å². The second-order valence-corrected chi connectivity index (χ2v) is 9.75. The van der Waals surface area contributed by atoms with Gasteiger partial charge in [0.15, 0.2) is 6.23 Å². The summed E-state index contributed by atoms with van der Waals surface area (Å²) in [4.78, 5) is 27.2. The third kappa shape index (κ3) is 11.6. The summed E-state index contributed by atoms with van der Waals surface area (Å²) >= 11 is 3.31. The summed E-state index contributed by atoms with van der Waals surface area (Å²) in [5.41, 5.74) is 2.62. The first kappa shape index (κ1) is 24.3. The van der Waals surface area contributed by atoms with Crippen LogP contribution in [0.25, 0.3) is 0 Å². The van der Waals surface area contributed by atoms with Crippen molar-refractivity contribution in [2.45, 2.75) is 39.8 Å². The number of benzene rings is 1. The maximum Gasteiger partial charge on any atom is 0.483 e. The molecule has 4 N–H and O–H groups in total. The number of allylic oxidation sites excluding steroid dienone is 3. The zero-order valence-electron chi connectivity index (χ0n) is 15.2. The molecule has 27 heavy (non-hydrogen) atoms. The molecule has 0 radical (unpaired) electrons. The first-order valence-electron chi connectivity index (χ1n) is 7.97. The highest BCUT2D eigenvalue weighted by molar-refractivity contribution is 9.10. The second-order valence-electron chi connectivity index (χ2n) is 6.05. The fourth-order valence-electron chi connectivity index (χ4n) is 2.04. The highest BCUT2D eigenvalue weighted by Gasteiger charge is 2.34. The van der Waals surface area contributed by atoms with Gasteiger partial charge in [-0.3, -0.25) is 4.52 Å². The minimum Gasteiger partial charge on any atom is -0.356 e. The van der Waals surface area contributed by atoms with Gasteiger partial charge in [0, 0.05) is 10.2 Å². The molecule has 0 aliphatic heterocycles. The van der Waals surface area contributed by atoms with Gasteiger partial charge in [0.25, 0.3) is 0 Å². The van der Waals surface area contributed by atoms with E-state index < -0.39 is 21.9 Å². The first-order valence-corrected chi connectivity index (χ1v) is 11.8. The fraction of sp³-hybridized carbons (Fsp3) is 0.375. The molecule has 0 aromatic heterocycles. The van der Waals surface area contributed by atoms with Crippen LogP contribution in [0.15, 0.2) is 52.0 Å². The predicted octanol–water partition coefficient (Wildman–Crippen LogP) is 5.11. The Hall–Kier alpha value is -0.760. The van der Waals surface area contributed by atoms with Crippen molar-refractivity contribution < 1.29 is 32.6 Å². The average molecular weight is 484 g/mol. The predicted molar refractivity (Wildman–Crippen MR) is 108 cm³/mol. The molecule has 0 saturated heterocycles. The lowest BCUT2D eigenvalue weighted by atomic mass is 10.1. The molecule has 0 spiro atoms. The quantitative estimate of drug-likeness (QED) is 0.205. The van der Waals surface area contributed by atoms with Gasteiger partial charge < -0.3 is 20.0 Å². The topological polar surface area (TPSA) is 125 Å². The summed E-state index contributed by atoms with van der Waals surface area (Å²) in [5, 5.41) is 2.88. The van der Waals surface area contributed by atoms with Gasteiger partial charge in [-0.1, -0.05) is 33.2 Å². The Labute approximate surface area is 167 Å². The van der Waals surface area contributed by atoms with E-state index in [0.717, 1.165) is 16.5 Å². The lowest BCUT2D eigenvalue weighted by Gasteiger charge is -2.21. The van der Waals surface area contributed by atoms with Crippen LogP contribution in [-0.4, -0.2) is 20.9 Å². The van der Waals surface area contributed by atoms with Crippen LogP contribution in [-0.2, 0) is 18.0 Å². The van der Waals surface area contributed by atoms with Gasteiger partial charge in [-0.15, -0.1) is 0 Å². The van der Waals surface area contributed by atoms with E-state index >= 15 is 0 Å². The second kappa shape index (κ2) is 10.7. The van der Waals surface area contributed by atoms with Gasteiger partial charge in [-0.25, -0.2) is 9.13 Å². The van der Waals surface area contributed by atoms with Gasteiger partial charge >= 0.3 is 15.6 Å². The molecule has 1 aromatic rings. The van der Waals surface area contributed by atoms with E-state index in [2.05, 4.69) is 31.6 Å². The minimum absolute atomic E-state index is 0.577. The average Bonchev–Trinajstić information content (AvgIpc) is 2.46. The van der Waals surface area contributed by atoms with Crippen LogP contribution in [0, 0.1) is 0 Å². The Bertz CT molecular complexity index is 769. The Kier molecular flexibility index (Phi) is 9.62. The van der Waals surface area contributed by atoms with Gasteiger partial charge in [0.2, 0.25) is 0 Å². The third-order valence-corrected chi connectivity index (χ3v) is 5.84. The maximum absolute atomic E-state index is 11.9. The first-order chi connectivity index (χ1) is 12.4. The van der Waals surface area contributed by atoms with Crippen molar-refractivity contribution in [3.63, 3.8) is 0 Å². The third-order valence-electron chi connectivity index (χ3n) is 3.14. The molecular weight excluding hydrogens is 460 g/mol. The molecule has 1 rings (SSSR count). The number of phosphoric ester groups is 1. The molecule has 152 valence electrons. The lowest BCUT2D eigenvalue weighted by Crippen LogP contribution is -2.20. The fourth-order valence-corrected chi connectivity index (χ4v) is 3.93. The molecule has 0 amide bonds. The van der Waals surface area contributed by atoms with E-state index in [1.807, 2.05) is 20.8 Å². The normalized spacial score (nSPS) is 15.7. The number of halogens is 1. The van der Waals surface area contributed by atoms with Crippen LogP contribution in [0.2, 0.25) is 0 Å². The molecule has 2 atom stereocenters. The van der Waals surface area contributed by atoms with E-state index in [4.69, 9.17) is 14.3 Å². The Morgan fingerprint density at radius 3 is 2.30 bits per heavy atom. The molecule has 0 heterocycles. The van der Waals surface area contributed by atoms with Crippen molar-refractivity contribution in [2.75, 3.05) is 5.32 Å². The Balaban J connectivity index is 2.97. The van der Waals surface area contributed by atoms with Gasteiger partial charge in [-0.05, 0) is 64.0 Å². The van der Waals surface area contributed by atoms with Crippen molar-refractivity contribution in [3.8, 4) is 0 Å². The van der Waals surface area contributed by atoms with Crippen LogP contribution in [0.5, 0.6) is 0 Å². The standard InChI is InChI=1S/C16H24BrNO7P2/c1-12(2)5-4-6-13(3)11-16(18-15-9-7-14(17)8-10-15)24-27(22,23)25-26(19,20)21/h5,7-11,16,18H,4,6H2,1-3H3,(H,22,23)(H2,19,20,21). The van der Waals surface area contributed by atoms with E-state index in [1.54, 1.807) is 30.3 Å². The van der Waals surface area contributed by atoms with Crippen molar-refractivity contribution in [1.29, 1.82) is 0 Å². The van der Waals surface area contributed by atoms with Gasteiger partial charge in [0.05, 0.1) is 0 Å². The molecule has 0 aliphatic carbocycles. The molecule has 1 aromatic carbocycles. The number of hydrogen-bond acceptors (Lipinski definition) is 5. The van der Waals surface area contributed by atoms with Crippen LogP contribution < -0.4 is 5.32 Å². The lowest BCUT2D eigenvalue weighted by molar-refractivity contribution is 0.162. The number of anilines is 1. The van der Waals surface area contributed by atoms with Gasteiger partial charge in [-0.2, -0.15) is 4.31 Å². The highest BCUT2D eigenvalue weighted by atomic mass is 79.9. The van der Waals surface area contributed by atoms with Crippen LogP contribution >= 0.6 is 31.6 Å². The maximum atomic E-state index is 11.9. The van der Waals surface area contributed by atoms with Crippen molar-refractivity contribution >= 4 is 37.3 Å². The SMILES string of the molecule is CC(C)=CCCC(C)=CC(Nc1ccc(Br)cc1)OP(=O)(O)OP(=O)(O)O. The van der Waals surface area contributed by atoms with Crippen LogP contribution in [0.1, 0.15) is 33.6 Å². The number of hydrogen-bond donors (Lipinski definition) is 4. The van der Waals surface area contributed by atoms with Crippen molar-refractivity contribution in [1.82, 2.24) is 0 Å². The summed E-state index contributed by atoms with van der Waals surface area (Å²) in [6, 6.07) is 6.93. The number of phosphoric acid groups is 2. The molecule has 11 heteroatoms. The van der Waals surface area contributed by atoms with Crippen LogP contribution in [0.3, 0.4) is 0 Å². The molecule has 8 nitrogen and oxygen atoms in total. The Morgan fingerprint density at radius 1 is 1.19 bits per heavy atom. The summed E-state index contributed by atoms with van der Waals surface area (Å²) in [6.45, 7) is 5.80. The molecule has 0 saturated carbocycles.